The summed E-state index contributed by atoms with van der Waals surface area (Å²) >= 11 is 0. The second-order valence-electron chi connectivity index (χ2n) is 3.42. The lowest BCUT2D eigenvalue weighted by atomic mass is 10.2. The smallest absolute Gasteiger partial charge is 0.147 e. The molecule has 0 aliphatic carbocycles. The summed E-state index contributed by atoms with van der Waals surface area (Å²) in [6, 6.07) is 5.31. The van der Waals surface area contributed by atoms with Crippen molar-refractivity contribution in [3.63, 3.8) is 0 Å². The highest BCUT2D eigenvalue weighted by molar-refractivity contribution is 7.90. The fraction of sp³-hybridized carbons (Fsp3) is 0.400. The molecular formula is C10H13NO3S. The van der Waals surface area contributed by atoms with Gasteiger partial charge in [-0.3, -0.25) is 9.78 Å². The Kier molecular flexibility index (Phi) is 3.96. The zero-order valence-electron chi connectivity index (χ0n) is 8.51. The summed E-state index contributed by atoms with van der Waals surface area (Å²) in [6.45, 7) is 0. The van der Waals surface area contributed by atoms with Crippen molar-refractivity contribution in [2.75, 3.05) is 12.0 Å². The second-order valence-corrected chi connectivity index (χ2v) is 5.68. The van der Waals surface area contributed by atoms with Gasteiger partial charge in [0.2, 0.25) is 0 Å². The van der Waals surface area contributed by atoms with Gasteiger partial charge in [0.1, 0.15) is 15.6 Å². The number of ketones is 1. The van der Waals surface area contributed by atoms with Crippen LogP contribution in [0.5, 0.6) is 0 Å². The minimum atomic E-state index is -3.05. The van der Waals surface area contributed by atoms with E-state index in [1.165, 1.54) is 0 Å². The predicted molar refractivity (Wildman–Crippen MR) is 57.3 cm³/mol. The molecule has 0 radical (unpaired) electrons. The van der Waals surface area contributed by atoms with Gasteiger partial charge >= 0.3 is 0 Å². The van der Waals surface area contributed by atoms with Crippen molar-refractivity contribution in [2.45, 2.75) is 12.8 Å². The Morgan fingerprint density at radius 2 is 2.13 bits per heavy atom. The molecule has 0 aromatic carbocycles. The average molecular weight is 227 g/mol. The third-order valence-corrected chi connectivity index (χ3v) is 2.80. The van der Waals surface area contributed by atoms with E-state index >= 15 is 0 Å². The van der Waals surface area contributed by atoms with Crippen molar-refractivity contribution in [3.05, 3.63) is 30.1 Å². The van der Waals surface area contributed by atoms with Gasteiger partial charge in [-0.1, -0.05) is 6.07 Å². The Bertz CT molecular complexity index is 425. The van der Waals surface area contributed by atoms with Crippen LogP contribution in [0.15, 0.2) is 24.4 Å². The van der Waals surface area contributed by atoms with Gasteiger partial charge < -0.3 is 0 Å². The molecular weight excluding hydrogens is 214 g/mol. The van der Waals surface area contributed by atoms with E-state index in [0.717, 1.165) is 6.26 Å². The molecule has 0 aliphatic heterocycles. The maximum absolute atomic E-state index is 11.4. The first-order valence-electron chi connectivity index (χ1n) is 4.57. The monoisotopic (exact) mass is 227 g/mol. The molecule has 1 aromatic rings. The van der Waals surface area contributed by atoms with Crippen LogP contribution in [0.1, 0.15) is 12.1 Å². The van der Waals surface area contributed by atoms with Crippen molar-refractivity contribution in [1.29, 1.82) is 0 Å². The lowest BCUT2D eigenvalue weighted by molar-refractivity contribution is -0.118. The Balaban J connectivity index is 2.44. The molecule has 0 N–H and O–H groups in total. The van der Waals surface area contributed by atoms with Crippen LogP contribution >= 0.6 is 0 Å². The van der Waals surface area contributed by atoms with Gasteiger partial charge in [-0.2, -0.15) is 0 Å². The zero-order chi connectivity index (χ0) is 11.3. The first kappa shape index (κ1) is 11.8. The highest BCUT2D eigenvalue weighted by Crippen LogP contribution is 1.99. The molecule has 4 nitrogen and oxygen atoms in total. The molecule has 0 fully saturated rings. The molecule has 0 spiro atoms. The standard InChI is InChI=1S/C10H13NO3S/c1-15(13,14)7-5-10(12)8-9-4-2-3-6-11-9/h2-4,6H,5,7-8H2,1H3. The quantitative estimate of drug-likeness (QED) is 0.740. The highest BCUT2D eigenvalue weighted by atomic mass is 32.2. The molecule has 82 valence electrons. The topological polar surface area (TPSA) is 64.1 Å². The number of hydrogen-bond donors (Lipinski definition) is 0. The summed E-state index contributed by atoms with van der Waals surface area (Å²) in [4.78, 5) is 15.3. The fourth-order valence-corrected chi connectivity index (χ4v) is 1.69. The van der Waals surface area contributed by atoms with E-state index in [-0.39, 0.29) is 24.4 Å². The van der Waals surface area contributed by atoms with Crippen LogP contribution in [0.3, 0.4) is 0 Å². The zero-order valence-corrected chi connectivity index (χ0v) is 9.33. The maximum Gasteiger partial charge on any atom is 0.147 e. The third kappa shape index (κ3) is 5.27. The normalized spacial score (nSPS) is 11.3. The lowest BCUT2D eigenvalue weighted by Crippen LogP contribution is -2.11. The first-order chi connectivity index (χ1) is 6.97. The van der Waals surface area contributed by atoms with E-state index in [2.05, 4.69) is 4.98 Å². The number of carbonyl (C=O) groups is 1. The largest absolute Gasteiger partial charge is 0.299 e. The number of aromatic nitrogens is 1. The van der Waals surface area contributed by atoms with Gasteiger partial charge in [0.25, 0.3) is 0 Å². The van der Waals surface area contributed by atoms with Gasteiger partial charge in [0.15, 0.2) is 0 Å². The van der Waals surface area contributed by atoms with E-state index in [4.69, 9.17) is 0 Å². The summed E-state index contributed by atoms with van der Waals surface area (Å²) < 4.78 is 21.6. The number of rotatable bonds is 5. The van der Waals surface area contributed by atoms with E-state index < -0.39 is 9.84 Å². The fourth-order valence-electron chi connectivity index (χ4n) is 1.09. The van der Waals surface area contributed by atoms with Crippen molar-refractivity contribution >= 4 is 15.6 Å². The molecule has 0 amide bonds. The number of hydrogen-bond acceptors (Lipinski definition) is 4. The van der Waals surface area contributed by atoms with Gasteiger partial charge in [0.05, 0.1) is 5.75 Å². The van der Waals surface area contributed by atoms with Crippen LogP contribution in [-0.4, -0.2) is 31.2 Å². The minimum Gasteiger partial charge on any atom is -0.299 e. The molecule has 0 unspecified atom stereocenters. The van der Waals surface area contributed by atoms with Crippen LogP contribution in [0, 0.1) is 0 Å². The number of sulfone groups is 1. The van der Waals surface area contributed by atoms with Gasteiger partial charge in [-0.05, 0) is 12.1 Å². The molecule has 0 saturated heterocycles. The Labute approximate surface area is 89.3 Å². The second kappa shape index (κ2) is 5.02. The lowest BCUT2D eigenvalue weighted by Gasteiger charge is -1.99. The molecule has 1 rings (SSSR count). The molecule has 0 atom stereocenters. The van der Waals surface area contributed by atoms with Crippen LogP contribution in [-0.2, 0) is 21.1 Å². The number of Topliss-reactive ketones (excluding diaryl/α,β-unsaturated/α-hetero) is 1. The Morgan fingerprint density at radius 3 is 2.67 bits per heavy atom. The van der Waals surface area contributed by atoms with Crippen molar-refractivity contribution in [2.24, 2.45) is 0 Å². The number of pyridine rings is 1. The van der Waals surface area contributed by atoms with Crippen LogP contribution in [0.25, 0.3) is 0 Å². The molecule has 0 aliphatic rings. The van der Waals surface area contributed by atoms with Crippen molar-refractivity contribution in [3.8, 4) is 0 Å². The summed E-state index contributed by atoms with van der Waals surface area (Å²) in [6.07, 6.45) is 3.01. The predicted octanol–water partition coefficient (Wildman–Crippen LogP) is 0.628. The van der Waals surface area contributed by atoms with Crippen LogP contribution < -0.4 is 0 Å². The van der Waals surface area contributed by atoms with E-state index in [1.54, 1.807) is 24.4 Å². The minimum absolute atomic E-state index is 0.0649. The molecule has 1 aromatic heterocycles. The van der Waals surface area contributed by atoms with E-state index in [9.17, 15) is 13.2 Å². The molecule has 0 saturated carbocycles. The van der Waals surface area contributed by atoms with Crippen molar-refractivity contribution in [1.82, 2.24) is 4.98 Å². The SMILES string of the molecule is CS(=O)(=O)CCC(=O)Cc1ccccn1. The summed E-state index contributed by atoms with van der Waals surface area (Å²) in [5.41, 5.74) is 0.677. The molecule has 0 bridgehead atoms. The van der Waals surface area contributed by atoms with Crippen LogP contribution in [0.2, 0.25) is 0 Å². The maximum atomic E-state index is 11.4. The summed E-state index contributed by atoms with van der Waals surface area (Å²) in [7, 11) is -3.05. The highest BCUT2D eigenvalue weighted by Gasteiger charge is 2.08. The van der Waals surface area contributed by atoms with Gasteiger partial charge in [0, 0.05) is 31.0 Å². The van der Waals surface area contributed by atoms with Gasteiger partial charge in [-0.15, -0.1) is 0 Å². The average Bonchev–Trinajstić information content (AvgIpc) is 2.15. The first-order valence-corrected chi connectivity index (χ1v) is 6.63. The number of carbonyl (C=O) groups excluding carboxylic acids is 1. The summed E-state index contributed by atoms with van der Waals surface area (Å²) in [5, 5.41) is 0. The Hall–Kier alpha value is -1.23. The molecule has 15 heavy (non-hydrogen) atoms. The summed E-state index contributed by atoms with van der Waals surface area (Å²) in [5.74, 6) is -0.183. The third-order valence-electron chi connectivity index (χ3n) is 1.86. The molecule has 5 heteroatoms. The van der Waals surface area contributed by atoms with Crippen molar-refractivity contribution < 1.29 is 13.2 Å². The van der Waals surface area contributed by atoms with E-state index in [1.807, 2.05) is 0 Å². The van der Waals surface area contributed by atoms with Crippen LogP contribution in [0.4, 0.5) is 0 Å². The van der Waals surface area contributed by atoms with E-state index in [0.29, 0.717) is 5.69 Å². The number of nitrogens with zero attached hydrogens (tertiary/aromatic N) is 1. The Morgan fingerprint density at radius 1 is 1.40 bits per heavy atom. The van der Waals surface area contributed by atoms with Gasteiger partial charge in [-0.25, -0.2) is 8.42 Å². The molecule has 1 heterocycles.